The minimum absolute atomic E-state index is 0.254. The summed E-state index contributed by atoms with van der Waals surface area (Å²) in [5.41, 5.74) is 8.49. The normalized spacial score (nSPS) is 17.6. The molecule has 0 aliphatic heterocycles. The van der Waals surface area contributed by atoms with Crippen molar-refractivity contribution in [2.75, 3.05) is 0 Å². The van der Waals surface area contributed by atoms with E-state index in [0.717, 1.165) is 30.0 Å². The van der Waals surface area contributed by atoms with E-state index in [2.05, 4.69) is 30.3 Å². The Labute approximate surface area is 121 Å². The first-order chi connectivity index (χ1) is 9.81. The minimum Gasteiger partial charge on any atom is -0.327 e. The highest BCUT2D eigenvalue weighted by Crippen LogP contribution is 2.29. The highest BCUT2D eigenvalue weighted by atomic mass is 14.7. The summed E-state index contributed by atoms with van der Waals surface area (Å²) < 4.78 is 0. The van der Waals surface area contributed by atoms with E-state index in [1.54, 1.807) is 0 Å². The van der Waals surface area contributed by atoms with Crippen LogP contribution in [0, 0.1) is 5.92 Å². The van der Waals surface area contributed by atoms with Crippen LogP contribution in [0.15, 0.2) is 36.4 Å². The van der Waals surface area contributed by atoms with Crippen LogP contribution in [0.4, 0.5) is 0 Å². The molecule has 1 heterocycles. The fraction of sp³-hybridized carbons (Fsp3) is 0.500. The monoisotopic (exact) mass is 268 g/mol. The van der Waals surface area contributed by atoms with Crippen molar-refractivity contribution in [2.45, 2.75) is 51.0 Å². The Bertz CT molecular complexity index is 558. The first-order valence-electron chi connectivity index (χ1n) is 7.91. The van der Waals surface area contributed by atoms with Crippen LogP contribution in [0.3, 0.4) is 0 Å². The van der Waals surface area contributed by atoms with Crippen molar-refractivity contribution >= 4 is 10.9 Å². The number of pyridine rings is 1. The van der Waals surface area contributed by atoms with Crippen molar-refractivity contribution in [1.82, 2.24) is 4.98 Å². The van der Waals surface area contributed by atoms with Crippen LogP contribution in [-0.2, 0) is 6.42 Å². The third-order valence-corrected chi connectivity index (χ3v) is 4.55. The predicted octanol–water partition coefficient (Wildman–Crippen LogP) is 4.08. The quantitative estimate of drug-likeness (QED) is 0.887. The molecule has 0 bridgehead atoms. The average molecular weight is 268 g/mol. The van der Waals surface area contributed by atoms with Gasteiger partial charge in [0, 0.05) is 23.5 Å². The van der Waals surface area contributed by atoms with Gasteiger partial charge in [-0.3, -0.25) is 4.98 Å². The maximum absolute atomic E-state index is 6.29. The number of nitrogens with two attached hydrogens (primary N) is 1. The Morgan fingerprint density at radius 3 is 2.75 bits per heavy atom. The maximum atomic E-state index is 6.29. The molecule has 2 heteroatoms. The third-order valence-electron chi connectivity index (χ3n) is 4.55. The smallest absolute Gasteiger partial charge is 0.0705 e. The van der Waals surface area contributed by atoms with Crippen LogP contribution in [0.2, 0.25) is 0 Å². The fourth-order valence-corrected chi connectivity index (χ4v) is 3.34. The topological polar surface area (TPSA) is 38.9 Å². The Morgan fingerprint density at radius 1 is 1.10 bits per heavy atom. The largest absolute Gasteiger partial charge is 0.327 e. The molecule has 1 aliphatic carbocycles. The van der Waals surface area contributed by atoms with Gasteiger partial charge in [-0.15, -0.1) is 0 Å². The molecule has 1 unspecified atom stereocenters. The van der Waals surface area contributed by atoms with Crippen molar-refractivity contribution in [2.24, 2.45) is 11.7 Å². The van der Waals surface area contributed by atoms with Gasteiger partial charge in [0.1, 0.15) is 0 Å². The summed E-state index contributed by atoms with van der Waals surface area (Å²) in [6.45, 7) is 0. The van der Waals surface area contributed by atoms with E-state index in [1.165, 1.54) is 37.5 Å². The van der Waals surface area contributed by atoms with Crippen molar-refractivity contribution in [3.05, 3.63) is 42.1 Å². The lowest BCUT2D eigenvalue weighted by molar-refractivity contribution is 0.446. The van der Waals surface area contributed by atoms with Crippen molar-refractivity contribution in [3.63, 3.8) is 0 Å². The van der Waals surface area contributed by atoms with Gasteiger partial charge in [-0.25, -0.2) is 0 Å². The van der Waals surface area contributed by atoms with Crippen LogP contribution in [0.5, 0.6) is 0 Å². The zero-order valence-electron chi connectivity index (χ0n) is 12.1. The second-order valence-corrected chi connectivity index (χ2v) is 6.19. The van der Waals surface area contributed by atoms with Gasteiger partial charge in [0.25, 0.3) is 0 Å². The highest BCUT2D eigenvalue weighted by molar-refractivity contribution is 5.78. The minimum atomic E-state index is 0.254. The van der Waals surface area contributed by atoms with E-state index < -0.39 is 0 Å². The molecule has 1 saturated carbocycles. The molecule has 1 aliphatic rings. The predicted molar refractivity (Wildman–Crippen MR) is 84.6 cm³/mol. The SMILES string of the molecule is NC(CCC1CCCC1)Cc1ccc2ccccc2n1. The number of benzene rings is 1. The molecule has 2 nitrogen and oxygen atoms in total. The standard InChI is InChI=1S/C18H24N2/c19-16(11-9-14-5-1-2-6-14)13-17-12-10-15-7-3-4-8-18(15)20-17/h3-4,7-8,10,12,14,16H,1-2,5-6,9,11,13,19H2. The molecule has 0 spiro atoms. The molecule has 3 rings (SSSR count). The molecule has 0 saturated heterocycles. The molecular weight excluding hydrogens is 244 g/mol. The lowest BCUT2D eigenvalue weighted by Gasteiger charge is -2.14. The number of aromatic nitrogens is 1. The summed E-state index contributed by atoms with van der Waals surface area (Å²) >= 11 is 0. The van der Waals surface area contributed by atoms with E-state index in [4.69, 9.17) is 10.7 Å². The average Bonchev–Trinajstić information content (AvgIpc) is 2.98. The van der Waals surface area contributed by atoms with E-state index >= 15 is 0 Å². The van der Waals surface area contributed by atoms with Crippen LogP contribution >= 0.6 is 0 Å². The summed E-state index contributed by atoms with van der Waals surface area (Å²) in [5.74, 6) is 0.936. The van der Waals surface area contributed by atoms with Gasteiger partial charge in [-0.2, -0.15) is 0 Å². The summed E-state index contributed by atoms with van der Waals surface area (Å²) in [7, 11) is 0. The lowest BCUT2D eigenvalue weighted by atomic mass is 9.97. The fourth-order valence-electron chi connectivity index (χ4n) is 3.34. The Balaban J connectivity index is 1.57. The summed E-state index contributed by atoms with van der Waals surface area (Å²) in [4.78, 5) is 4.71. The van der Waals surface area contributed by atoms with E-state index in [-0.39, 0.29) is 6.04 Å². The van der Waals surface area contributed by atoms with E-state index in [1.807, 2.05) is 6.07 Å². The zero-order chi connectivity index (χ0) is 13.8. The second kappa shape index (κ2) is 6.36. The summed E-state index contributed by atoms with van der Waals surface area (Å²) in [6.07, 6.45) is 9.02. The zero-order valence-corrected chi connectivity index (χ0v) is 12.1. The Hall–Kier alpha value is -1.41. The van der Waals surface area contributed by atoms with E-state index in [0.29, 0.717) is 0 Å². The number of hydrogen-bond donors (Lipinski definition) is 1. The van der Waals surface area contributed by atoms with Gasteiger partial charge < -0.3 is 5.73 Å². The van der Waals surface area contributed by atoms with Crippen LogP contribution in [0.25, 0.3) is 10.9 Å². The van der Waals surface area contributed by atoms with Crippen LogP contribution < -0.4 is 5.73 Å². The van der Waals surface area contributed by atoms with Gasteiger partial charge >= 0.3 is 0 Å². The van der Waals surface area contributed by atoms with Crippen molar-refractivity contribution in [3.8, 4) is 0 Å². The van der Waals surface area contributed by atoms with Gasteiger partial charge in [-0.1, -0.05) is 49.9 Å². The summed E-state index contributed by atoms with van der Waals surface area (Å²) in [5, 5.41) is 1.20. The number of para-hydroxylation sites is 1. The summed E-state index contributed by atoms with van der Waals surface area (Å²) in [6, 6.07) is 12.8. The number of fused-ring (bicyclic) bond motifs is 1. The molecule has 1 fully saturated rings. The van der Waals surface area contributed by atoms with Gasteiger partial charge in [-0.05, 0) is 30.9 Å². The third kappa shape index (κ3) is 3.37. The second-order valence-electron chi connectivity index (χ2n) is 6.19. The van der Waals surface area contributed by atoms with Crippen LogP contribution in [-0.4, -0.2) is 11.0 Å². The Morgan fingerprint density at radius 2 is 1.90 bits per heavy atom. The van der Waals surface area contributed by atoms with Crippen LogP contribution in [0.1, 0.15) is 44.2 Å². The number of hydrogen-bond acceptors (Lipinski definition) is 2. The van der Waals surface area contributed by atoms with Crippen molar-refractivity contribution in [1.29, 1.82) is 0 Å². The molecule has 2 aromatic rings. The number of rotatable bonds is 5. The first kappa shape index (κ1) is 13.6. The molecular formula is C18H24N2. The molecule has 1 aromatic carbocycles. The molecule has 2 N–H and O–H groups in total. The van der Waals surface area contributed by atoms with E-state index in [9.17, 15) is 0 Å². The molecule has 1 aromatic heterocycles. The molecule has 1 atom stereocenters. The molecule has 0 radical (unpaired) electrons. The lowest BCUT2D eigenvalue weighted by Crippen LogP contribution is -2.24. The first-order valence-corrected chi connectivity index (χ1v) is 7.91. The Kier molecular flexibility index (Phi) is 4.31. The molecule has 106 valence electrons. The van der Waals surface area contributed by atoms with Gasteiger partial charge in [0.2, 0.25) is 0 Å². The number of nitrogens with zero attached hydrogens (tertiary/aromatic N) is 1. The maximum Gasteiger partial charge on any atom is 0.0705 e. The van der Waals surface area contributed by atoms with Gasteiger partial charge in [0.15, 0.2) is 0 Å². The molecule has 0 amide bonds. The highest BCUT2D eigenvalue weighted by Gasteiger charge is 2.16. The molecule has 20 heavy (non-hydrogen) atoms. The van der Waals surface area contributed by atoms with Gasteiger partial charge in [0.05, 0.1) is 5.52 Å². The van der Waals surface area contributed by atoms with Crippen molar-refractivity contribution < 1.29 is 0 Å².